The van der Waals surface area contributed by atoms with Crippen LogP contribution in [0.2, 0.25) is 0 Å². The molecule has 2 saturated heterocycles. The Kier molecular flexibility index (Phi) is 5.83. The summed E-state index contributed by atoms with van der Waals surface area (Å²) in [6, 6.07) is 6.62. The molecule has 27 heavy (non-hydrogen) atoms. The van der Waals surface area contributed by atoms with Crippen LogP contribution in [-0.2, 0) is 17.6 Å². The minimum atomic E-state index is -0.245. The topological polar surface area (TPSA) is 43.2 Å². The van der Waals surface area contributed by atoms with E-state index < -0.39 is 0 Å². The van der Waals surface area contributed by atoms with Gasteiger partial charge in [-0.1, -0.05) is 6.07 Å². The highest BCUT2D eigenvalue weighted by Gasteiger charge is 2.22. The Morgan fingerprint density at radius 3 is 2.81 bits per heavy atom. The highest BCUT2D eigenvalue weighted by Crippen LogP contribution is 2.22. The lowest BCUT2D eigenvalue weighted by Gasteiger charge is -2.28. The molecule has 0 N–H and O–H groups in total. The molecule has 0 amide bonds. The molecule has 3 heterocycles. The maximum Gasteiger partial charge on any atom is 0.151 e. The number of halogens is 1. The molecule has 0 bridgehead atoms. The van der Waals surface area contributed by atoms with Gasteiger partial charge in [0.1, 0.15) is 11.6 Å². The van der Waals surface area contributed by atoms with E-state index in [-0.39, 0.29) is 5.82 Å². The van der Waals surface area contributed by atoms with Crippen LogP contribution in [0.4, 0.5) is 4.39 Å². The predicted molar refractivity (Wildman–Crippen MR) is 103 cm³/mol. The van der Waals surface area contributed by atoms with Gasteiger partial charge in [-0.2, -0.15) is 5.10 Å². The number of likely N-dealkylation sites (tertiary alicyclic amines) is 1. The summed E-state index contributed by atoms with van der Waals surface area (Å²) in [6.07, 6.45) is 7.62. The number of hydrogen-bond acceptors (Lipinski definition) is 4. The van der Waals surface area contributed by atoms with E-state index in [0.717, 1.165) is 69.1 Å². The first-order valence-electron chi connectivity index (χ1n) is 10.2. The molecule has 2 aliphatic rings. The highest BCUT2D eigenvalue weighted by molar-refractivity contribution is 5.32. The number of benzene rings is 1. The van der Waals surface area contributed by atoms with Crippen molar-refractivity contribution in [3.05, 3.63) is 41.7 Å². The van der Waals surface area contributed by atoms with Crippen molar-refractivity contribution in [1.29, 1.82) is 0 Å². The van der Waals surface area contributed by atoms with Crippen molar-refractivity contribution >= 4 is 0 Å². The molecule has 2 aliphatic heterocycles. The third kappa shape index (κ3) is 4.74. The number of hydrogen-bond donors (Lipinski definition) is 0. The molecule has 0 radical (unpaired) electrons. The Labute approximate surface area is 160 Å². The first-order chi connectivity index (χ1) is 13.2. The summed E-state index contributed by atoms with van der Waals surface area (Å²) < 4.78 is 21.3. The molecule has 5 nitrogen and oxygen atoms in total. The quantitative estimate of drug-likeness (QED) is 0.779. The molecule has 146 valence electrons. The third-order valence-corrected chi connectivity index (χ3v) is 5.79. The minimum Gasteiger partial charge on any atom is -0.378 e. The molecule has 2 aromatic rings. The van der Waals surface area contributed by atoms with Gasteiger partial charge >= 0.3 is 0 Å². The summed E-state index contributed by atoms with van der Waals surface area (Å²) in [5.41, 5.74) is 0.750. The predicted octanol–water partition coefficient (Wildman–Crippen LogP) is 3.40. The maximum absolute atomic E-state index is 13.7. The summed E-state index contributed by atoms with van der Waals surface area (Å²) >= 11 is 0. The SMILES string of the molecule is CN1CCC(Cc2nc(CC[C@@H]3CCCO3)n(-c3cccc(F)c3)n2)CC1. The Balaban J connectivity index is 1.52. The summed E-state index contributed by atoms with van der Waals surface area (Å²) in [7, 11) is 2.18. The van der Waals surface area contributed by atoms with Crippen LogP contribution >= 0.6 is 0 Å². The Bertz CT molecular complexity index is 748. The molecule has 0 unspecified atom stereocenters. The molecule has 1 aromatic carbocycles. The second-order valence-electron chi connectivity index (χ2n) is 7.96. The van der Waals surface area contributed by atoms with E-state index >= 15 is 0 Å². The molecule has 4 rings (SSSR count). The number of rotatable bonds is 6. The van der Waals surface area contributed by atoms with Gasteiger partial charge in [-0.15, -0.1) is 0 Å². The van der Waals surface area contributed by atoms with Gasteiger partial charge < -0.3 is 9.64 Å². The van der Waals surface area contributed by atoms with Gasteiger partial charge in [0, 0.05) is 19.4 Å². The van der Waals surface area contributed by atoms with Crippen molar-refractivity contribution in [2.75, 3.05) is 26.7 Å². The van der Waals surface area contributed by atoms with Gasteiger partial charge in [-0.3, -0.25) is 0 Å². The van der Waals surface area contributed by atoms with Gasteiger partial charge in [0.15, 0.2) is 5.82 Å². The van der Waals surface area contributed by atoms with Gasteiger partial charge in [0.25, 0.3) is 0 Å². The zero-order chi connectivity index (χ0) is 18.6. The fraction of sp³-hybridized carbons (Fsp3) is 0.619. The number of piperidine rings is 1. The zero-order valence-electron chi connectivity index (χ0n) is 16.1. The molecule has 0 spiro atoms. The van der Waals surface area contributed by atoms with E-state index in [9.17, 15) is 4.39 Å². The van der Waals surface area contributed by atoms with E-state index in [0.29, 0.717) is 12.0 Å². The third-order valence-electron chi connectivity index (χ3n) is 5.79. The summed E-state index contributed by atoms with van der Waals surface area (Å²) in [5, 5.41) is 4.76. The first-order valence-corrected chi connectivity index (χ1v) is 10.2. The number of aromatic nitrogens is 3. The summed E-state index contributed by atoms with van der Waals surface area (Å²) in [4.78, 5) is 7.23. The van der Waals surface area contributed by atoms with Crippen molar-refractivity contribution < 1.29 is 9.13 Å². The molecule has 0 saturated carbocycles. The standard InChI is InChI=1S/C21H29FN4O/c1-25-11-9-16(10-12-25)14-20-23-21(8-7-19-6-3-13-27-19)26(24-20)18-5-2-4-17(22)15-18/h2,4-5,15-16,19H,3,6-14H2,1H3/t19-/m0/s1. The van der Waals surface area contributed by atoms with Crippen LogP contribution < -0.4 is 0 Å². The Morgan fingerprint density at radius 1 is 1.22 bits per heavy atom. The molecule has 0 aliphatic carbocycles. The normalized spacial score (nSPS) is 21.8. The van der Waals surface area contributed by atoms with E-state index in [1.54, 1.807) is 6.07 Å². The van der Waals surface area contributed by atoms with Crippen LogP contribution in [0.3, 0.4) is 0 Å². The minimum absolute atomic E-state index is 0.245. The second-order valence-corrected chi connectivity index (χ2v) is 7.96. The molecular formula is C21H29FN4O. The smallest absolute Gasteiger partial charge is 0.151 e. The monoisotopic (exact) mass is 372 g/mol. The van der Waals surface area contributed by atoms with Crippen molar-refractivity contribution in [2.45, 2.75) is 51.0 Å². The maximum atomic E-state index is 13.7. The van der Waals surface area contributed by atoms with Gasteiger partial charge in [-0.05, 0) is 76.4 Å². The Morgan fingerprint density at radius 2 is 2.07 bits per heavy atom. The lowest BCUT2D eigenvalue weighted by Crippen LogP contribution is -2.31. The van der Waals surface area contributed by atoms with Crippen molar-refractivity contribution in [3.63, 3.8) is 0 Å². The fourth-order valence-corrected chi connectivity index (χ4v) is 4.14. The number of nitrogens with zero attached hydrogens (tertiary/aromatic N) is 4. The average Bonchev–Trinajstić information content (AvgIpc) is 3.32. The summed E-state index contributed by atoms with van der Waals surface area (Å²) in [6.45, 7) is 3.14. The number of aryl methyl sites for hydroxylation is 1. The van der Waals surface area contributed by atoms with Crippen molar-refractivity contribution in [1.82, 2.24) is 19.7 Å². The molecule has 6 heteroatoms. The van der Waals surface area contributed by atoms with Crippen LogP contribution in [0.25, 0.3) is 5.69 Å². The van der Waals surface area contributed by atoms with Crippen LogP contribution in [0, 0.1) is 11.7 Å². The van der Waals surface area contributed by atoms with E-state index in [2.05, 4.69) is 11.9 Å². The second kappa shape index (κ2) is 8.48. The van der Waals surface area contributed by atoms with Crippen LogP contribution in [0.1, 0.15) is 43.8 Å². The van der Waals surface area contributed by atoms with Crippen LogP contribution in [-0.4, -0.2) is 52.5 Å². The first kappa shape index (κ1) is 18.6. The van der Waals surface area contributed by atoms with Gasteiger partial charge in [0.2, 0.25) is 0 Å². The number of ether oxygens (including phenoxy) is 1. The molecular weight excluding hydrogens is 343 g/mol. The Hall–Kier alpha value is -1.79. The largest absolute Gasteiger partial charge is 0.378 e. The highest BCUT2D eigenvalue weighted by atomic mass is 19.1. The molecule has 1 aromatic heterocycles. The zero-order valence-corrected chi connectivity index (χ0v) is 16.1. The van der Waals surface area contributed by atoms with Gasteiger partial charge in [0.05, 0.1) is 11.8 Å². The van der Waals surface area contributed by atoms with E-state index in [1.807, 2.05) is 10.7 Å². The lowest BCUT2D eigenvalue weighted by molar-refractivity contribution is 0.104. The fourth-order valence-electron chi connectivity index (χ4n) is 4.14. The summed E-state index contributed by atoms with van der Waals surface area (Å²) in [5.74, 6) is 2.19. The average molecular weight is 372 g/mol. The lowest BCUT2D eigenvalue weighted by atomic mass is 9.94. The van der Waals surface area contributed by atoms with Crippen molar-refractivity contribution in [2.24, 2.45) is 5.92 Å². The van der Waals surface area contributed by atoms with Crippen LogP contribution in [0.5, 0.6) is 0 Å². The van der Waals surface area contributed by atoms with Crippen LogP contribution in [0.15, 0.2) is 24.3 Å². The van der Waals surface area contributed by atoms with Crippen molar-refractivity contribution in [3.8, 4) is 5.69 Å². The van der Waals surface area contributed by atoms with Gasteiger partial charge in [-0.25, -0.2) is 14.1 Å². The van der Waals surface area contributed by atoms with E-state index in [4.69, 9.17) is 14.8 Å². The molecule has 2 fully saturated rings. The van der Waals surface area contributed by atoms with E-state index in [1.165, 1.54) is 25.0 Å². The molecule has 1 atom stereocenters.